The Morgan fingerprint density at radius 2 is 1.05 bits per heavy atom. The normalized spacial score (nSPS) is 22.2. The number of amides is 2. The Labute approximate surface area is 340 Å². The first-order valence-electron chi connectivity index (χ1n) is 18.3. The first kappa shape index (κ1) is 35.8. The Morgan fingerprint density at radius 3 is 1.57 bits per heavy atom. The molecule has 274 valence electrons. The van der Waals surface area contributed by atoms with E-state index in [1.165, 1.54) is 0 Å². The maximum Gasteiger partial charge on any atom is 0.250 e. The van der Waals surface area contributed by atoms with E-state index in [0.717, 1.165) is 22.3 Å². The van der Waals surface area contributed by atoms with Gasteiger partial charge in [0.15, 0.2) is 11.2 Å². The number of thiocarbonyl (C=S) groups is 1. The molecule has 6 aromatic carbocycles. The second kappa shape index (κ2) is 14.7. The number of hydrogen-bond acceptors (Lipinski definition) is 5. The van der Waals surface area contributed by atoms with Gasteiger partial charge in [-0.2, -0.15) is 0 Å². The number of allylic oxidation sites excluding steroid dienone is 1. The van der Waals surface area contributed by atoms with Crippen molar-refractivity contribution in [1.29, 1.82) is 0 Å². The minimum absolute atomic E-state index is 0.0706. The van der Waals surface area contributed by atoms with Gasteiger partial charge in [0.25, 0.3) is 11.8 Å². The zero-order chi connectivity index (χ0) is 38.4. The Kier molecular flexibility index (Phi) is 9.38. The monoisotopic (exact) mass is 789 g/mol. The van der Waals surface area contributed by atoms with Crippen LogP contribution in [-0.4, -0.2) is 22.6 Å². The zero-order valence-corrected chi connectivity index (χ0v) is 32.1. The number of hydrogen-bond donors (Lipinski definition) is 0. The summed E-state index contributed by atoms with van der Waals surface area (Å²) in [6.07, 6.45) is 1.34. The summed E-state index contributed by atoms with van der Waals surface area (Å²) in [5.41, 5.74) is 3.77. The third-order valence-corrected chi connectivity index (χ3v) is 11.9. The van der Waals surface area contributed by atoms with Crippen molar-refractivity contribution in [2.24, 2.45) is 16.5 Å². The van der Waals surface area contributed by atoms with E-state index in [4.69, 9.17) is 45.4 Å². The van der Waals surface area contributed by atoms with Crippen LogP contribution < -0.4 is 9.80 Å². The quantitative estimate of drug-likeness (QED) is 0.125. The molecular weight excluding hydrogens is 758 g/mol. The van der Waals surface area contributed by atoms with Crippen LogP contribution in [0.15, 0.2) is 181 Å². The average Bonchev–Trinajstić information content (AvgIpc) is 3.67. The van der Waals surface area contributed by atoms with Crippen LogP contribution in [-0.2, 0) is 14.4 Å². The molecule has 6 nitrogen and oxygen atoms in total. The van der Waals surface area contributed by atoms with Crippen molar-refractivity contribution in [2.45, 2.75) is 17.9 Å². The van der Waals surface area contributed by atoms with Crippen molar-refractivity contribution in [3.8, 4) is 0 Å². The number of halogens is 2. The molecule has 3 aliphatic rings. The van der Waals surface area contributed by atoms with Gasteiger partial charge >= 0.3 is 0 Å². The van der Waals surface area contributed by atoms with Gasteiger partial charge in [-0.1, -0.05) is 150 Å². The molecule has 1 saturated heterocycles. The van der Waals surface area contributed by atoms with Gasteiger partial charge in [-0.15, -0.1) is 0 Å². The Hall–Kier alpha value is -5.86. The van der Waals surface area contributed by atoms with E-state index in [1.807, 2.05) is 176 Å². The standard InChI is InChI=1S/C47H33Cl2N3O3S/c48-34-25-21-30(22-26-34)29-38-40(31-13-5-1-6-14-31)47(41(32-15-7-2-8-16-32)39-42(38)50-55-43(39)33-23-27-35(49)28-24-33)44(53)51(36-17-9-3-10-18-36)46(56)52(45(47)54)37-19-11-4-12-20-37/h1-29,39-41,43H/b38-29-. The van der Waals surface area contributed by atoms with Crippen molar-refractivity contribution >= 4 is 75.5 Å². The lowest BCUT2D eigenvalue weighted by Crippen LogP contribution is -2.71. The molecule has 2 aliphatic heterocycles. The Balaban J connectivity index is 1.43. The number of oxime groups is 1. The second-order valence-electron chi connectivity index (χ2n) is 14.1. The molecule has 0 bridgehead atoms. The van der Waals surface area contributed by atoms with Gasteiger partial charge in [-0.05, 0) is 94.7 Å². The maximum atomic E-state index is 16.4. The van der Waals surface area contributed by atoms with Gasteiger partial charge in [-0.3, -0.25) is 19.4 Å². The summed E-state index contributed by atoms with van der Waals surface area (Å²) in [4.78, 5) is 42.5. The molecule has 2 heterocycles. The van der Waals surface area contributed by atoms with Crippen LogP contribution in [0, 0.1) is 11.3 Å². The minimum atomic E-state index is -1.85. The molecule has 1 saturated carbocycles. The van der Waals surface area contributed by atoms with Gasteiger partial charge in [0.1, 0.15) is 5.41 Å². The fourth-order valence-corrected chi connectivity index (χ4v) is 9.34. The molecule has 2 amide bonds. The summed E-state index contributed by atoms with van der Waals surface area (Å²) < 4.78 is 0. The third-order valence-electron chi connectivity index (χ3n) is 11.0. The molecule has 0 N–H and O–H groups in total. The third kappa shape index (κ3) is 5.86. The second-order valence-corrected chi connectivity index (χ2v) is 15.3. The zero-order valence-electron chi connectivity index (χ0n) is 29.8. The smallest absolute Gasteiger partial charge is 0.250 e. The topological polar surface area (TPSA) is 62.2 Å². The predicted octanol–water partition coefficient (Wildman–Crippen LogP) is 11.1. The van der Waals surface area contributed by atoms with Crippen LogP contribution in [0.25, 0.3) is 6.08 Å². The lowest BCUT2D eigenvalue weighted by atomic mass is 9.48. The van der Waals surface area contributed by atoms with Crippen molar-refractivity contribution < 1.29 is 14.4 Å². The van der Waals surface area contributed by atoms with Crippen molar-refractivity contribution in [1.82, 2.24) is 0 Å². The van der Waals surface area contributed by atoms with E-state index in [9.17, 15) is 0 Å². The van der Waals surface area contributed by atoms with Crippen LogP contribution >= 0.6 is 35.4 Å². The molecule has 2 fully saturated rings. The van der Waals surface area contributed by atoms with Gasteiger partial charge in [0, 0.05) is 21.9 Å². The highest BCUT2D eigenvalue weighted by Gasteiger charge is 2.72. The largest absolute Gasteiger partial charge is 0.387 e. The highest BCUT2D eigenvalue weighted by atomic mass is 35.5. The molecule has 0 radical (unpaired) electrons. The summed E-state index contributed by atoms with van der Waals surface area (Å²) in [6.45, 7) is 0. The SMILES string of the molecule is O=C1N(c2ccccc2)C(=S)N(c2ccccc2)C(=O)C12C(c1ccccc1)/C(=C/c1ccc(Cl)cc1)C1=NOC(c3ccc(Cl)cc3)C1C2c1ccccc1. The number of carbonyl (C=O) groups is 2. The van der Waals surface area contributed by atoms with E-state index in [1.54, 1.807) is 9.80 Å². The number of nitrogens with zero attached hydrogens (tertiary/aromatic N) is 3. The number of para-hydroxylation sites is 2. The summed E-state index contributed by atoms with van der Waals surface area (Å²) in [5, 5.41) is 6.12. The van der Waals surface area contributed by atoms with Crippen molar-refractivity contribution in [3.63, 3.8) is 0 Å². The first-order chi connectivity index (χ1) is 27.4. The summed E-state index contributed by atoms with van der Waals surface area (Å²) in [6, 6.07) is 53.1. The van der Waals surface area contributed by atoms with Crippen molar-refractivity contribution in [3.05, 3.63) is 208 Å². The Bertz CT molecular complexity index is 2440. The van der Waals surface area contributed by atoms with E-state index < -0.39 is 41.1 Å². The van der Waals surface area contributed by atoms with E-state index in [-0.39, 0.29) is 5.11 Å². The number of carbonyl (C=O) groups excluding carboxylic acids is 2. The number of rotatable bonds is 6. The first-order valence-corrected chi connectivity index (χ1v) is 19.4. The minimum Gasteiger partial charge on any atom is -0.387 e. The fourth-order valence-electron chi connectivity index (χ4n) is 8.71. The molecule has 1 aliphatic carbocycles. The molecule has 56 heavy (non-hydrogen) atoms. The average molecular weight is 791 g/mol. The van der Waals surface area contributed by atoms with Crippen LogP contribution in [0.3, 0.4) is 0 Å². The lowest BCUT2D eigenvalue weighted by molar-refractivity contribution is -0.145. The molecule has 4 unspecified atom stereocenters. The molecule has 9 rings (SSSR count). The van der Waals surface area contributed by atoms with Crippen LogP contribution in [0.5, 0.6) is 0 Å². The number of benzene rings is 6. The summed E-state index contributed by atoms with van der Waals surface area (Å²) >= 11 is 19.0. The molecule has 0 aromatic heterocycles. The molecule has 4 atom stereocenters. The molecule has 9 heteroatoms. The van der Waals surface area contributed by atoms with E-state index >= 15 is 9.59 Å². The Morgan fingerprint density at radius 1 is 0.589 bits per heavy atom. The summed E-state index contributed by atoms with van der Waals surface area (Å²) in [7, 11) is 0. The maximum absolute atomic E-state index is 16.4. The molecule has 1 spiro atoms. The van der Waals surface area contributed by atoms with Gasteiger partial charge in [0.05, 0.1) is 23.0 Å². The molecule has 6 aromatic rings. The van der Waals surface area contributed by atoms with E-state index in [0.29, 0.717) is 32.7 Å². The van der Waals surface area contributed by atoms with Gasteiger partial charge in [-0.25, -0.2) is 0 Å². The van der Waals surface area contributed by atoms with Crippen LogP contribution in [0.4, 0.5) is 11.4 Å². The molecular formula is C47H33Cl2N3O3S. The van der Waals surface area contributed by atoms with Crippen molar-refractivity contribution in [2.75, 3.05) is 9.80 Å². The van der Waals surface area contributed by atoms with E-state index in [2.05, 4.69) is 0 Å². The van der Waals surface area contributed by atoms with Gasteiger partial charge < -0.3 is 4.84 Å². The number of fused-ring (bicyclic) bond motifs is 1. The predicted molar refractivity (Wildman–Crippen MR) is 227 cm³/mol. The van der Waals surface area contributed by atoms with Gasteiger partial charge in [0.2, 0.25) is 0 Å². The summed E-state index contributed by atoms with van der Waals surface area (Å²) in [5.74, 6) is -3.16. The number of anilines is 2. The van der Waals surface area contributed by atoms with Crippen LogP contribution in [0.2, 0.25) is 10.0 Å². The van der Waals surface area contributed by atoms with Crippen LogP contribution in [0.1, 0.15) is 40.2 Å². The highest BCUT2D eigenvalue weighted by molar-refractivity contribution is 7.81. The fraction of sp³-hybridized carbons (Fsp3) is 0.106. The highest BCUT2D eigenvalue weighted by Crippen LogP contribution is 2.65. The lowest BCUT2D eigenvalue weighted by Gasteiger charge is -2.56.